The summed E-state index contributed by atoms with van der Waals surface area (Å²) in [5, 5.41) is 0. The molecule has 0 saturated carbocycles. The smallest absolute Gasteiger partial charge is 0.195 e. The molecule has 0 saturated heterocycles. The molecule has 3 aromatic rings. The van der Waals surface area contributed by atoms with Gasteiger partial charge >= 0.3 is 0 Å². The molecule has 1 aliphatic carbocycles. The van der Waals surface area contributed by atoms with Crippen molar-refractivity contribution in [3.05, 3.63) is 120 Å². The molecule has 30 heavy (non-hydrogen) atoms. The first-order valence-electron chi connectivity index (χ1n) is 10.5. The van der Waals surface area contributed by atoms with Gasteiger partial charge in [0, 0.05) is 28.1 Å². The molecule has 0 bridgehead atoms. The first kappa shape index (κ1) is 18.6. The third kappa shape index (κ3) is 2.83. The van der Waals surface area contributed by atoms with Gasteiger partial charge in [-0.15, -0.1) is 0 Å². The van der Waals surface area contributed by atoms with Gasteiger partial charge in [-0.05, 0) is 23.8 Å². The summed E-state index contributed by atoms with van der Waals surface area (Å²) in [4.78, 5) is 15.8. The second kappa shape index (κ2) is 7.14. The summed E-state index contributed by atoms with van der Waals surface area (Å²) in [6, 6.07) is 26.3. The van der Waals surface area contributed by atoms with E-state index in [0.717, 1.165) is 11.3 Å². The largest absolute Gasteiger partial charge is 0.333 e. The molecule has 1 heterocycles. The predicted octanol–water partition coefficient (Wildman–Crippen LogP) is 6.46. The summed E-state index contributed by atoms with van der Waals surface area (Å²) in [5.74, 6) is 0.373. The second-order valence-electron chi connectivity index (χ2n) is 8.61. The van der Waals surface area contributed by atoms with Crippen LogP contribution >= 0.6 is 0 Å². The Morgan fingerprint density at radius 3 is 2.20 bits per heavy atom. The Morgan fingerprint density at radius 2 is 1.40 bits per heavy atom. The van der Waals surface area contributed by atoms with E-state index in [0.29, 0.717) is 11.5 Å². The topological polar surface area (TPSA) is 20.3 Å². The van der Waals surface area contributed by atoms with Crippen LogP contribution in [0.5, 0.6) is 0 Å². The number of anilines is 2. The molecule has 2 heteroatoms. The van der Waals surface area contributed by atoms with Crippen molar-refractivity contribution in [2.75, 3.05) is 4.90 Å². The summed E-state index contributed by atoms with van der Waals surface area (Å²) >= 11 is 0. The fraction of sp³-hybridized carbons (Fsp3) is 0.179. The monoisotopic (exact) mass is 391 g/mol. The molecule has 5 rings (SSSR count). The average molecular weight is 392 g/mol. The number of nitrogens with zero attached hydrogens (tertiary/aromatic N) is 1. The van der Waals surface area contributed by atoms with Crippen molar-refractivity contribution in [2.45, 2.75) is 25.3 Å². The van der Waals surface area contributed by atoms with Crippen molar-refractivity contribution in [2.24, 2.45) is 5.92 Å². The zero-order chi connectivity index (χ0) is 20.7. The molecule has 0 spiro atoms. The first-order chi connectivity index (χ1) is 14.6. The highest BCUT2D eigenvalue weighted by Crippen LogP contribution is 2.51. The maximum Gasteiger partial charge on any atom is 0.195 e. The number of carbonyl (C=O) groups is 1. The van der Waals surface area contributed by atoms with Gasteiger partial charge in [-0.25, -0.2) is 0 Å². The molecular weight excluding hydrogens is 366 g/mol. The standard InChI is InChI=1S/C28H25NO/c1-28(2)22-15-7-10-18-25(22)29(26-19-11-8-16-23(26)28)24-17-9-6-14-21(24)27(30)20-12-4-3-5-13-20/h3-19,22,25H,1-2H3. The maximum atomic E-state index is 13.5. The molecular formula is C28H25NO. The van der Waals surface area contributed by atoms with Crippen LogP contribution in [0.4, 0.5) is 11.4 Å². The third-order valence-corrected chi connectivity index (χ3v) is 6.54. The van der Waals surface area contributed by atoms with Gasteiger partial charge in [0.25, 0.3) is 0 Å². The Kier molecular flexibility index (Phi) is 4.43. The molecule has 0 fully saturated rings. The van der Waals surface area contributed by atoms with Crippen molar-refractivity contribution in [3.8, 4) is 0 Å². The van der Waals surface area contributed by atoms with E-state index in [1.807, 2.05) is 48.5 Å². The van der Waals surface area contributed by atoms with E-state index in [2.05, 4.69) is 73.4 Å². The molecule has 148 valence electrons. The van der Waals surface area contributed by atoms with Crippen LogP contribution in [-0.2, 0) is 5.41 Å². The number of fused-ring (bicyclic) bond motifs is 2. The zero-order valence-electron chi connectivity index (χ0n) is 17.3. The quantitative estimate of drug-likeness (QED) is 0.478. The van der Waals surface area contributed by atoms with E-state index in [1.165, 1.54) is 11.3 Å². The minimum Gasteiger partial charge on any atom is -0.333 e. The Hall–Kier alpha value is -3.39. The Morgan fingerprint density at radius 1 is 0.767 bits per heavy atom. The summed E-state index contributed by atoms with van der Waals surface area (Å²) in [6.07, 6.45) is 8.86. The summed E-state index contributed by atoms with van der Waals surface area (Å²) in [7, 11) is 0. The lowest BCUT2D eigenvalue weighted by Crippen LogP contribution is -2.50. The van der Waals surface area contributed by atoms with E-state index in [9.17, 15) is 4.79 Å². The molecule has 3 aromatic carbocycles. The van der Waals surface area contributed by atoms with Crippen molar-refractivity contribution in [1.82, 2.24) is 0 Å². The first-order valence-corrected chi connectivity index (χ1v) is 10.5. The van der Waals surface area contributed by atoms with Crippen LogP contribution in [0.1, 0.15) is 35.3 Å². The van der Waals surface area contributed by atoms with Gasteiger partial charge in [-0.2, -0.15) is 0 Å². The number of hydrogen-bond acceptors (Lipinski definition) is 2. The van der Waals surface area contributed by atoms with Crippen LogP contribution in [0.15, 0.2) is 103 Å². The predicted molar refractivity (Wildman–Crippen MR) is 123 cm³/mol. The fourth-order valence-electron chi connectivity index (χ4n) is 4.99. The van der Waals surface area contributed by atoms with Crippen molar-refractivity contribution < 1.29 is 4.79 Å². The van der Waals surface area contributed by atoms with Gasteiger partial charge in [0.1, 0.15) is 0 Å². The normalized spacial score (nSPS) is 21.1. The lowest BCUT2D eigenvalue weighted by Gasteiger charge is -2.51. The van der Waals surface area contributed by atoms with E-state index >= 15 is 0 Å². The van der Waals surface area contributed by atoms with Crippen LogP contribution in [0, 0.1) is 5.92 Å². The summed E-state index contributed by atoms with van der Waals surface area (Å²) in [6.45, 7) is 4.65. The zero-order valence-corrected chi connectivity index (χ0v) is 17.3. The lowest BCUT2D eigenvalue weighted by molar-refractivity contribution is 0.103. The van der Waals surface area contributed by atoms with Gasteiger partial charge in [-0.3, -0.25) is 4.79 Å². The van der Waals surface area contributed by atoms with E-state index in [1.54, 1.807) is 0 Å². The van der Waals surface area contributed by atoms with Crippen LogP contribution in [0.3, 0.4) is 0 Å². The molecule has 2 nitrogen and oxygen atoms in total. The van der Waals surface area contributed by atoms with E-state index in [4.69, 9.17) is 0 Å². The van der Waals surface area contributed by atoms with Crippen molar-refractivity contribution in [1.29, 1.82) is 0 Å². The van der Waals surface area contributed by atoms with Crippen molar-refractivity contribution >= 4 is 17.2 Å². The van der Waals surface area contributed by atoms with Crippen LogP contribution < -0.4 is 4.90 Å². The second-order valence-corrected chi connectivity index (χ2v) is 8.61. The van der Waals surface area contributed by atoms with Gasteiger partial charge < -0.3 is 4.90 Å². The Bertz CT molecular complexity index is 1160. The highest BCUT2D eigenvalue weighted by atomic mass is 16.1. The number of ketones is 1. The minimum atomic E-state index is -0.00258. The molecule has 0 radical (unpaired) electrons. The Balaban J connectivity index is 1.72. The molecule has 0 amide bonds. The van der Waals surface area contributed by atoms with E-state index < -0.39 is 0 Å². The number of carbonyl (C=O) groups excluding carboxylic acids is 1. The van der Waals surface area contributed by atoms with Crippen LogP contribution in [-0.4, -0.2) is 11.8 Å². The molecule has 1 aliphatic heterocycles. The van der Waals surface area contributed by atoms with Crippen molar-refractivity contribution in [3.63, 3.8) is 0 Å². The minimum absolute atomic E-state index is 0.00258. The number of para-hydroxylation sites is 2. The van der Waals surface area contributed by atoms with Gasteiger partial charge in [0.15, 0.2) is 5.78 Å². The van der Waals surface area contributed by atoms with Gasteiger partial charge in [-0.1, -0.05) is 98.8 Å². The Labute approximate surface area is 178 Å². The summed E-state index contributed by atoms with van der Waals surface area (Å²) in [5.41, 5.74) is 4.90. The highest BCUT2D eigenvalue weighted by molar-refractivity contribution is 6.13. The van der Waals surface area contributed by atoms with Crippen LogP contribution in [0.2, 0.25) is 0 Å². The lowest BCUT2D eigenvalue weighted by atomic mass is 9.65. The molecule has 2 unspecified atom stereocenters. The number of rotatable bonds is 3. The third-order valence-electron chi connectivity index (χ3n) is 6.54. The van der Waals surface area contributed by atoms with Gasteiger partial charge in [0.2, 0.25) is 0 Å². The number of allylic oxidation sites excluding steroid dienone is 2. The maximum absolute atomic E-state index is 13.5. The summed E-state index contributed by atoms with van der Waals surface area (Å²) < 4.78 is 0. The number of benzene rings is 3. The molecule has 0 aromatic heterocycles. The number of hydrogen-bond donors (Lipinski definition) is 0. The van der Waals surface area contributed by atoms with Crippen LogP contribution in [0.25, 0.3) is 0 Å². The van der Waals surface area contributed by atoms with Gasteiger partial charge in [0.05, 0.1) is 11.7 Å². The molecule has 0 N–H and O–H groups in total. The fourth-order valence-corrected chi connectivity index (χ4v) is 4.99. The average Bonchev–Trinajstić information content (AvgIpc) is 2.80. The highest BCUT2D eigenvalue weighted by Gasteiger charge is 2.45. The van der Waals surface area contributed by atoms with E-state index in [-0.39, 0.29) is 17.2 Å². The molecule has 2 aliphatic rings. The molecule has 2 atom stereocenters. The SMILES string of the molecule is CC1(C)c2ccccc2N(c2ccccc2C(=O)c2ccccc2)C2C=CC=CC21.